The molecule has 1 heterocycles. The average Bonchev–Trinajstić information content (AvgIpc) is 2.53. The lowest BCUT2D eigenvalue weighted by molar-refractivity contribution is 0.433. The van der Waals surface area contributed by atoms with Crippen molar-refractivity contribution in [2.24, 2.45) is 5.92 Å². The maximum absolute atomic E-state index is 11.8. The molecule has 0 aliphatic rings. The smallest absolute Gasteiger partial charge is 0.272 e. The standard InChI is InChI=1S/C17H17N3O2/c1-11(9-10-18)7-8-15(21)12(2)16-13-5-3-4-6-14(13)17(22)20-19-16/h3-8,11,21H,9H2,1-2H3,(H,20,22)/b8-7-,15-12-/t11-/m0/s1. The molecule has 0 unspecified atom stereocenters. The monoisotopic (exact) mass is 295 g/mol. The predicted molar refractivity (Wildman–Crippen MR) is 86.1 cm³/mol. The Morgan fingerprint density at radius 2 is 2.14 bits per heavy atom. The highest BCUT2D eigenvalue weighted by Crippen LogP contribution is 2.22. The highest BCUT2D eigenvalue weighted by atomic mass is 16.3. The molecule has 22 heavy (non-hydrogen) atoms. The Hall–Kier alpha value is -2.87. The third kappa shape index (κ3) is 3.23. The Morgan fingerprint density at radius 3 is 2.82 bits per heavy atom. The van der Waals surface area contributed by atoms with Gasteiger partial charge >= 0.3 is 0 Å². The Bertz CT molecular complexity index is 841. The topological polar surface area (TPSA) is 89.8 Å². The lowest BCUT2D eigenvalue weighted by Crippen LogP contribution is -2.10. The Labute approximate surface area is 128 Å². The summed E-state index contributed by atoms with van der Waals surface area (Å²) in [7, 11) is 0. The van der Waals surface area contributed by atoms with Crippen LogP contribution in [0.1, 0.15) is 26.0 Å². The van der Waals surface area contributed by atoms with E-state index in [9.17, 15) is 9.90 Å². The number of nitriles is 1. The van der Waals surface area contributed by atoms with Gasteiger partial charge in [0.05, 0.1) is 17.1 Å². The van der Waals surface area contributed by atoms with Crippen LogP contribution in [0.4, 0.5) is 0 Å². The van der Waals surface area contributed by atoms with E-state index < -0.39 is 0 Å². The maximum Gasteiger partial charge on any atom is 0.272 e. The van der Waals surface area contributed by atoms with Crippen LogP contribution in [-0.2, 0) is 0 Å². The van der Waals surface area contributed by atoms with Crippen LogP contribution in [-0.4, -0.2) is 15.3 Å². The van der Waals surface area contributed by atoms with Gasteiger partial charge < -0.3 is 5.11 Å². The van der Waals surface area contributed by atoms with Gasteiger partial charge in [-0.2, -0.15) is 10.4 Å². The SMILES string of the molecule is C/C(=C(O)\C=C/[C@H](C)CC#N)c1n[nH]c(=O)c2ccccc12. The number of aromatic amines is 1. The van der Waals surface area contributed by atoms with Gasteiger partial charge in [0.15, 0.2) is 0 Å². The van der Waals surface area contributed by atoms with Crippen molar-refractivity contribution in [3.05, 3.63) is 58.2 Å². The number of nitrogens with zero attached hydrogens (tertiary/aromatic N) is 2. The van der Waals surface area contributed by atoms with Gasteiger partial charge in [-0.25, -0.2) is 5.10 Å². The van der Waals surface area contributed by atoms with Crippen molar-refractivity contribution in [3.63, 3.8) is 0 Å². The molecule has 0 saturated carbocycles. The van der Waals surface area contributed by atoms with E-state index in [0.29, 0.717) is 28.5 Å². The number of hydrogen-bond donors (Lipinski definition) is 2. The number of fused-ring (bicyclic) bond motifs is 1. The molecule has 0 fully saturated rings. The summed E-state index contributed by atoms with van der Waals surface area (Å²) in [5.74, 6) is 0.120. The molecule has 112 valence electrons. The fraction of sp³-hybridized carbons (Fsp3) is 0.235. The zero-order chi connectivity index (χ0) is 16.1. The number of aliphatic hydroxyl groups is 1. The molecule has 1 aromatic heterocycles. The molecule has 2 rings (SSSR count). The zero-order valence-corrected chi connectivity index (χ0v) is 12.5. The summed E-state index contributed by atoms with van der Waals surface area (Å²) in [5.41, 5.74) is 0.836. The minimum atomic E-state index is -0.259. The van der Waals surface area contributed by atoms with Crippen LogP contribution in [0, 0.1) is 17.2 Å². The third-order valence-electron chi connectivity index (χ3n) is 3.43. The lowest BCUT2D eigenvalue weighted by Gasteiger charge is -2.06. The number of allylic oxidation sites excluding steroid dienone is 3. The third-order valence-corrected chi connectivity index (χ3v) is 3.43. The van der Waals surface area contributed by atoms with Crippen molar-refractivity contribution in [1.82, 2.24) is 10.2 Å². The predicted octanol–water partition coefficient (Wildman–Crippen LogP) is 3.32. The zero-order valence-electron chi connectivity index (χ0n) is 12.5. The van der Waals surface area contributed by atoms with Crippen molar-refractivity contribution in [1.29, 1.82) is 5.26 Å². The van der Waals surface area contributed by atoms with E-state index >= 15 is 0 Å². The van der Waals surface area contributed by atoms with Crippen LogP contribution in [0.3, 0.4) is 0 Å². The summed E-state index contributed by atoms with van der Waals surface area (Å²) >= 11 is 0. The average molecular weight is 295 g/mol. The number of nitrogens with one attached hydrogen (secondary N) is 1. The van der Waals surface area contributed by atoms with Gasteiger partial charge in [-0.15, -0.1) is 0 Å². The van der Waals surface area contributed by atoms with Gasteiger partial charge in [-0.05, 0) is 25.0 Å². The van der Waals surface area contributed by atoms with E-state index in [1.54, 1.807) is 37.3 Å². The second-order valence-electron chi connectivity index (χ2n) is 5.16. The highest BCUT2D eigenvalue weighted by molar-refractivity contribution is 5.91. The van der Waals surface area contributed by atoms with Gasteiger partial charge in [0.1, 0.15) is 5.76 Å². The molecule has 1 atom stereocenters. The van der Waals surface area contributed by atoms with Gasteiger partial charge in [0.25, 0.3) is 5.56 Å². The van der Waals surface area contributed by atoms with Gasteiger partial charge in [0, 0.05) is 17.4 Å². The maximum atomic E-state index is 11.8. The van der Waals surface area contributed by atoms with E-state index in [1.165, 1.54) is 0 Å². The Balaban J connectivity index is 2.47. The first-order chi connectivity index (χ1) is 10.5. The number of rotatable bonds is 4. The van der Waals surface area contributed by atoms with Crippen LogP contribution < -0.4 is 5.56 Å². The molecule has 2 N–H and O–H groups in total. The van der Waals surface area contributed by atoms with Crippen molar-refractivity contribution >= 4 is 16.3 Å². The molecule has 0 aliphatic heterocycles. The van der Waals surface area contributed by atoms with Crippen molar-refractivity contribution in [2.45, 2.75) is 20.3 Å². The fourth-order valence-corrected chi connectivity index (χ4v) is 2.11. The first kappa shape index (κ1) is 15.5. The first-order valence-electron chi connectivity index (χ1n) is 6.97. The number of benzene rings is 1. The summed E-state index contributed by atoms with van der Waals surface area (Å²) in [6.45, 7) is 3.64. The largest absolute Gasteiger partial charge is 0.508 e. The summed E-state index contributed by atoms with van der Waals surface area (Å²) in [6.07, 6.45) is 3.73. The minimum Gasteiger partial charge on any atom is -0.508 e. The molecule has 2 aromatic rings. The molecule has 5 heteroatoms. The normalized spacial score (nSPS) is 13.9. The van der Waals surface area contributed by atoms with Crippen LogP contribution in [0.5, 0.6) is 0 Å². The lowest BCUT2D eigenvalue weighted by atomic mass is 10.0. The van der Waals surface area contributed by atoms with Crippen LogP contribution in [0.15, 0.2) is 47.0 Å². The van der Waals surface area contributed by atoms with Crippen LogP contribution in [0.25, 0.3) is 16.3 Å². The Morgan fingerprint density at radius 1 is 1.45 bits per heavy atom. The minimum absolute atomic E-state index is 0.0558. The summed E-state index contributed by atoms with van der Waals surface area (Å²) in [5, 5.41) is 26.5. The molecule has 5 nitrogen and oxygen atoms in total. The number of aliphatic hydroxyl groups excluding tert-OH is 1. The van der Waals surface area contributed by atoms with E-state index in [0.717, 1.165) is 0 Å². The molecule has 0 bridgehead atoms. The number of aromatic nitrogens is 2. The van der Waals surface area contributed by atoms with Gasteiger partial charge in [0.2, 0.25) is 0 Å². The molecule has 1 aromatic carbocycles. The Kier molecular flexibility index (Phi) is 4.74. The van der Waals surface area contributed by atoms with E-state index in [1.807, 2.05) is 13.0 Å². The molecule has 0 saturated heterocycles. The van der Waals surface area contributed by atoms with E-state index in [4.69, 9.17) is 5.26 Å². The molecule has 0 radical (unpaired) electrons. The van der Waals surface area contributed by atoms with Crippen LogP contribution in [0.2, 0.25) is 0 Å². The summed E-state index contributed by atoms with van der Waals surface area (Å²) < 4.78 is 0. The second kappa shape index (κ2) is 6.72. The highest BCUT2D eigenvalue weighted by Gasteiger charge is 2.10. The molecule has 0 aliphatic carbocycles. The van der Waals surface area contributed by atoms with Crippen molar-refractivity contribution < 1.29 is 5.11 Å². The second-order valence-corrected chi connectivity index (χ2v) is 5.16. The van der Waals surface area contributed by atoms with Gasteiger partial charge in [-0.1, -0.05) is 31.2 Å². The van der Waals surface area contributed by atoms with Crippen molar-refractivity contribution in [2.75, 3.05) is 0 Å². The molecule has 0 spiro atoms. The molecular weight excluding hydrogens is 278 g/mol. The number of hydrogen-bond acceptors (Lipinski definition) is 4. The van der Waals surface area contributed by atoms with Crippen molar-refractivity contribution in [3.8, 4) is 6.07 Å². The summed E-state index contributed by atoms with van der Waals surface area (Å²) in [4.78, 5) is 11.8. The summed E-state index contributed by atoms with van der Waals surface area (Å²) in [6, 6.07) is 9.20. The quantitative estimate of drug-likeness (QED) is 0.668. The van der Waals surface area contributed by atoms with E-state index in [2.05, 4.69) is 16.3 Å². The number of H-pyrrole nitrogens is 1. The molecule has 0 amide bonds. The van der Waals surface area contributed by atoms with E-state index in [-0.39, 0.29) is 17.2 Å². The van der Waals surface area contributed by atoms with Gasteiger partial charge in [-0.3, -0.25) is 4.79 Å². The van der Waals surface area contributed by atoms with Crippen LogP contribution >= 0.6 is 0 Å². The molecular formula is C17H17N3O2. The first-order valence-corrected chi connectivity index (χ1v) is 6.97. The fourth-order valence-electron chi connectivity index (χ4n) is 2.11.